The summed E-state index contributed by atoms with van der Waals surface area (Å²) >= 11 is 0. The molecule has 0 spiro atoms. The Morgan fingerprint density at radius 1 is 1.35 bits per heavy atom. The number of hydrogen-bond acceptors (Lipinski definition) is 2. The Morgan fingerprint density at radius 2 is 2.12 bits per heavy atom. The Hall–Kier alpha value is -2.10. The first-order valence-corrected chi connectivity index (χ1v) is 5.41. The van der Waals surface area contributed by atoms with Crippen LogP contribution >= 0.6 is 0 Å². The molecule has 1 aromatic heterocycles. The third-order valence-corrected chi connectivity index (χ3v) is 2.78. The third-order valence-electron chi connectivity index (χ3n) is 2.78. The molecule has 0 fully saturated rings. The molecule has 0 saturated carbocycles. The first-order chi connectivity index (χ1) is 8.09. The average Bonchev–Trinajstić information content (AvgIpc) is 2.68. The third kappa shape index (κ3) is 2.20. The zero-order chi connectivity index (χ0) is 12.4. The van der Waals surface area contributed by atoms with E-state index in [-0.39, 0.29) is 11.3 Å². The molecule has 0 atom stereocenters. The summed E-state index contributed by atoms with van der Waals surface area (Å²) in [5, 5.41) is 9.92. The minimum absolute atomic E-state index is 0.133. The van der Waals surface area contributed by atoms with Crippen molar-refractivity contribution in [1.29, 1.82) is 0 Å². The summed E-state index contributed by atoms with van der Waals surface area (Å²) in [7, 11) is 0. The predicted octanol–water partition coefficient (Wildman–Crippen LogP) is 2.39. The molecule has 0 aliphatic carbocycles. The smallest absolute Gasteiger partial charge is 0.337 e. The molecule has 2 N–H and O–H groups in total. The van der Waals surface area contributed by atoms with Gasteiger partial charge in [-0.15, -0.1) is 0 Å². The van der Waals surface area contributed by atoms with Crippen LogP contribution in [0.1, 0.15) is 29.3 Å². The van der Waals surface area contributed by atoms with Crippen LogP contribution in [-0.4, -0.2) is 21.8 Å². The summed E-state index contributed by atoms with van der Waals surface area (Å²) in [4.78, 5) is 24.9. The maximum absolute atomic E-state index is 11.0. The highest BCUT2D eigenvalue weighted by Gasteiger charge is 2.12. The second-order valence-electron chi connectivity index (χ2n) is 4.05. The van der Waals surface area contributed by atoms with Gasteiger partial charge in [0.15, 0.2) is 0 Å². The largest absolute Gasteiger partial charge is 0.478 e. The number of fused-ring (bicyclic) bond motifs is 1. The number of carbonyl (C=O) groups is 2. The summed E-state index contributed by atoms with van der Waals surface area (Å²) in [5.41, 5.74) is 1.87. The van der Waals surface area contributed by atoms with Gasteiger partial charge in [-0.25, -0.2) is 4.79 Å². The number of aromatic amines is 1. The number of H-pyrrole nitrogens is 1. The molecule has 88 valence electrons. The van der Waals surface area contributed by atoms with Crippen molar-refractivity contribution in [2.75, 3.05) is 0 Å². The molecule has 0 amide bonds. The van der Waals surface area contributed by atoms with Crippen LogP contribution in [0.3, 0.4) is 0 Å². The molecule has 0 aliphatic heterocycles. The topological polar surface area (TPSA) is 70.2 Å². The number of benzene rings is 1. The quantitative estimate of drug-likeness (QED) is 0.848. The normalized spacial score (nSPS) is 10.6. The molecular weight excluding hydrogens is 218 g/mol. The van der Waals surface area contributed by atoms with Crippen LogP contribution in [0.15, 0.2) is 24.4 Å². The van der Waals surface area contributed by atoms with E-state index >= 15 is 0 Å². The highest BCUT2D eigenvalue weighted by atomic mass is 16.4. The lowest BCUT2D eigenvalue weighted by atomic mass is 10.0. The van der Waals surface area contributed by atoms with Crippen LogP contribution in [0.25, 0.3) is 10.9 Å². The van der Waals surface area contributed by atoms with Gasteiger partial charge in [0.1, 0.15) is 5.78 Å². The fourth-order valence-electron chi connectivity index (χ4n) is 1.91. The van der Waals surface area contributed by atoms with E-state index in [2.05, 4.69) is 4.98 Å². The van der Waals surface area contributed by atoms with Gasteiger partial charge in [0, 0.05) is 18.0 Å². The highest BCUT2D eigenvalue weighted by molar-refractivity contribution is 6.03. The number of nitrogens with one attached hydrogen (secondary N) is 1. The Bertz CT molecular complexity index is 583. The van der Waals surface area contributed by atoms with Crippen molar-refractivity contribution in [3.8, 4) is 0 Å². The monoisotopic (exact) mass is 231 g/mol. The average molecular weight is 231 g/mol. The van der Waals surface area contributed by atoms with Crippen molar-refractivity contribution < 1.29 is 14.7 Å². The number of carbonyl (C=O) groups excluding carboxylic acids is 1. The van der Waals surface area contributed by atoms with E-state index in [1.165, 1.54) is 0 Å². The van der Waals surface area contributed by atoms with Crippen LogP contribution < -0.4 is 0 Å². The molecule has 0 saturated heterocycles. The van der Waals surface area contributed by atoms with Gasteiger partial charge >= 0.3 is 5.97 Å². The Balaban J connectivity index is 2.44. The maximum atomic E-state index is 11.0. The molecule has 0 bridgehead atoms. The van der Waals surface area contributed by atoms with E-state index in [4.69, 9.17) is 5.11 Å². The van der Waals surface area contributed by atoms with Crippen molar-refractivity contribution in [3.63, 3.8) is 0 Å². The molecule has 1 heterocycles. The summed E-state index contributed by atoms with van der Waals surface area (Å²) in [6, 6.07) is 5.15. The number of aromatic nitrogens is 1. The van der Waals surface area contributed by atoms with E-state index < -0.39 is 5.97 Å². The summed E-state index contributed by atoms with van der Waals surface area (Å²) in [6.45, 7) is 1.55. The molecule has 2 aromatic rings. The molecule has 1 aromatic carbocycles. The van der Waals surface area contributed by atoms with Crippen molar-refractivity contribution in [2.24, 2.45) is 0 Å². The lowest BCUT2D eigenvalue weighted by molar-refractivity contribution is -0.116. The van der Waals surface area contributed by atoms with E-state index in [1.807, 2.05) is 6.07 Å². The van der Waals surface area contributed by atoms with Gasteiger partial charge in [-0.05, 0) is 25.0 Å². The van der Waals surface area contributed by atoms with Gasteiger partial charge in [-0.3, -0.25) is 0 Å². The number of ketones is 1. The van der Waals surface area contributed by atoms with Crippen LogP contribution in [-0.2, 0) is 11.2 Å². The van der Waals surface area contributed by atoms with E-state index in [0.29, 0.717) is 18.4 Å². The molecular formula is C13H13NO3. The molecule has 0 unspecified atom stereocenters. The number of para-hydroxylation sites is 1. The van der Waals surface area contributed by atoms with Crippen LogP contribution in [0.4, 0.5) is 0 Å². The molecule has 17 heavy (non-hydrogen) atoms. The second-order valence-corrected chi connectivity index (χ2v) is 4.05. The fourth-order valence-corrected chi connectivity index (χ4v) is 1.91. The van der Waals surface area contributed by atoms with Gasteiger partial charge in [0.2, 0.25) is 0 Å². The molecule has 0 radical (unpaired) electrons. The van der Waals surface area contributed by atoms with E-state index in [0.717, 1.165) is 10.9 Å². The Kier molecular flexibility index (Phi) is 2.95. The standard InChI is InChI=1S/C13H13NO3/c1-8(15)5-6-9-7-14-12-10(9)3-2-4-11(12)13(16)17/h2-4,7,14H,5-6H2,1H3,(H,16,17). The predicted molar refractivity (Wildman–Crippen MR) is 64.3 cm³/mol. The summed E-state index contributed by atoms with van der Waals surface area (Å²) in [6.07, 6.45) is 2.89. The van der Waals surface area contributed by atoms with Crippen molar-refractivity contribution in [3.05, 3.63) is 35.5 Å². The number of aromatic carboxylic acids is 1. The number of hydrogen-bond donors (Lipinski definition) is 2. The lowest BCUT2D eigenvalue weighted by Crippen LogP contribution is -1.97. The fraction of sp³-hybridized carbons (Fsp3) is 0.231. The van der Waals surface area contributed by atoms with Crippen LogP contribution in [0, 0.1) is 0 Å². The first-order valence-electron chi connectivity index (χ1n) is 5.41. The van der Waals surface area contributed by atoms with E-state index in [1.54, 1.807) is 25.3 Å². The highest BCUT2D eigenvalue weighted by Crippen LogP contribution is 2.22. The van der Waals surface area contributed by atoms with Crippen LogP contribution in [0.2, 0.25) is 0 Å². The number of rotatable bonds is 4. The first kappa shape index (κ1) is 11.4. The number of carboxylic acid groups (broad SMARTS) is 1. The number of aryl methyl sites for hydroxylation is 1. The van der Waals surface area contributed by atoms with Crippen molar-refractivity contribution >= 4 is 22.7 Å². The SMILES string of the molecule is CC(=O)CCc1c[nH]c2c(C(=O)O)cccc12. The zero-order valence-corrected chi connectivity index (χ0v) is 9.49. The zero-order valence-electron chi connectivity index (χ0n) is 9.49. The second kappa shape index (κ2) is 4.41. The molecule has 0 aliphatic rings. The summed E-state index contributed by atoms with van der Waals surface area (Å²) < 4.78 is 0. The van der Waals surface area contributed by atoms with Crippen LogP contribution in [0.5, 0.6) is 0 Å². The minimum Gasteiger partial charge on any atom is -0.478 e. The Labute approximate surface area is 98.3 Å². The molecule has 2 rings (SSSR count). The molecule has 4 nitrogen and oxygen atoms in total. The van der Waals surface area contributed by atoms with Gasteiger partial charge in [0.05, 0.1) is 11.1 Å². The van der Waals surface area contributed by atoms with E-state index in [9.17, 15) is 9.59 Å². The van der Waals surface area contributed by atoms with Crippen molar-refractivity contribution in [2.45, 2.75) is 19.8 Å². The van der Waals surface area contributed by atoms with Gasteiger partial charge in [-0.1, -0.05) is 12.1 Å². The Morgan fingerprint density at radius 3 is 2.76 bits per heavy atom. The van der Waals surface area contributed by atoms with Gasteiger partial charge in [-0.2, -0.15) is 0 Å². The number of Topliss-reactive ketones (excluding diaryl/α,β-unsaturated/α-hetero) is 1. The van der Waals surface area contributed by atoms with Crippen molar-refractivity contribution in [1.82, 2.24) is 4.98 Å². The van der Waals surface area contributed by atoms with Gasteiger partial charge in [0.25, 0.3) is 0 Å². The minimum atomic E-state index is -0.949. The lowest BCUT2D eigenvalue weighted by Gasteiger charge is -1.99. The number of carboxylic acids is 1. The molecule has 4 heteroatoms. The van der Waals surface area contributed by atoms with Gasteiger partial charge < -0.3 is 14.9 Å². The summed E-state index contributed by atoms with van der Waals surface area (Å²) in [5.74, 6) is -0.815. The maximum Gasteiger partial charge on any atom is 0.337 e.